The lowest BCUT2D eigenvalue weighted by Gasteiger charge is -2.33. The number of imidazole rings is 1. The molecule has 2 aliphatic rings. The van der Waals surface area contributed by atoms with Gasteiger partial charge in [0.25, 0.3) is 0 Å². The van der Waals surface area contributed by atoms with E-state index in [1.165, 1.54) is 12.5 Å². The number of nitrogens with zero attached hydrogens (tertiary/aromatic N) is 3. The summed E-state index contributed by atoms with van der Waals surface area (Å²) in [6, 6.07) is 1.79. The highest BCUT2D eigenvalue weighted by atomic mass is 32.2. The Morgan fingerprint density at radius 1 is 1.15 bits per heavy atom. The predicted molar refractivity (Wildman–Crippen MR) is 104 cm³/mol. The average molecular weight is 498 g/mol. The molecule has 1 atom stereocenters. The first-order valence-corrected chi connectivity index (χ1v) is 11.4. The first-order valence-electron chi connectivity index (χ1n) is 9.98. The Balaban J connectivity index is 1.80. The lowest BCUT2D eigenvalue weighted by Crippen LogP contribution is -2.48. The third-order valence-electron chi connectivity index (χ3n) is 5.49. The number of anilines is 1. The zero-order valence-electron chi connectivity index (χ0n) is 17.0. The number of ether oxygens (including phenoxy) is 1. The summed E-state index contributed by atoms with van der Waals surface area (Å²) in [5.74, 6) is 0. The zero-order chi connectivity index (χ0) is 24.0. The normalized spacial score (nSPS) is 20.5. The number of benzene rings is 1. The number of aromatic nitrogens is 2. The van der Waals surface area contributed by atoms with Gasteiger partial charge in [0.15, 0.2) is 0 Å². The van der Waals surface area contributed by atoms with Gasteiger partial charge in [0.2, 0.25) is 0 Å². The summed E-state index contributed by atoms with van der Waals surface area (Å²) in [4.78, 5) is 8.31. The number of hydrogen-bond donors (Lipinski definition) is 1. The molecule has 182 valence electrons. The minimum absolute atomic E-state index is 0.0525. The maximum atomic E-state index is 13.4. The van der Waals surface area contributed by atoms with Gasteiger partial charge in [-0.25, -0.2) is 13.4 Å². The van der Waals surface area contributed by atoms with Crippen LogP contribution in [0.4, 0.5) is 32.0 Å². The van der Waals surface area contributed by atoms with Gasteiger partial charge in [-0.2, -0.15) is 30.6 Å². The number of hydrogen-bond acceptors (Lipinski definition) is 5. The molecular weight excluding hydrogens is 478 g/mol. The Morgan fingerprint density at radius 3 is 2.45 bits per heavy atom. The van der Waals surface area contributed by atoms with Gasteiger partial charge in [-0.1, -0.05) is 0 Å². The average Bonchev–Trinajstić information content (AvgIpc) is 3.43. The van der Waals surface area contributed by atoms with E-state index in [-0.39, 0.29) is 34.8 Å². The van der Waals surface area contributed by atoms with Gasteiger partial charge in [-0.3, -0.25) is 0 Å². The highest BCUT2D eigenvalue weighted by Gasteiger charge is 2.51. The molecule has 0 bridgehead atoms. The van der Waals surface area contributed by atoms with Crippen LogP contribution >= 0.6 is 0 Å². The van der Waals surface area contributed by atoms with E-state index in [2.05, 4.69) is 9.97 Å². The van der Waals surface area contributed by atoms with Crippen molar-refractivity contribution in [1.29, 1.82) is 0 Å². The summed E-state index contributed by atoms with van der Waals surface area (Å²) < 4.78 is 111. The molecular formula is C19H20F6N4O3S. The molecule has 14 heteroatoms. The van der Waals surface area contributed by atoms with E-state index in [0.29, 0.717) is 11.8 Å². The van der Waals surface area contributed by atoms with Crippen molar-refractivity contribution in [3.8, 4) is 0 Å². The first kappa shape index (κ1) is 23.8. The van der Waals surface area contributed by atoms with E-state index < -0.39 is 46.4 Å². The number of fused-ring (bicyclic) bond motifs is 1. The summed E-state index contributed by atoms with van der Waals surface area (Å²) in [6.45, 7) is -1.51. The molecule has 0 radical (unpaired) electrons. The molecule has 7 nitrogen and oxygen atoms in total. The quantitative estimate of drug-likeness (QED) is 0.616. The van der Waals surface area contributed by atoms with Gasteiger partial charge < -0.3 is 14.6 Å². The third kappa shape index (κ3) is 5.11. The molecule has 0 unspecified atom stereocenters. The molecule has 2 heterocycles. The summed E-state index contributed by atoms with van der Waals surface area (Å²) >= 11 is 0. The molecule has 0 spiro atoms. The number of aromatic amines is 1. The smallest absolute Gasteiger partial charge is 0.376 e. The minimum atomic E-state index is -5.81. The summed E-state index contributed by atoms with van der Waals surface area (Å²) in [6.07, 6.45) is -0.402. The number of H-pyrrole nitrogens is 1. The van der Waals surface area contributed by atoms with Gasteiger partial charge in [0.1, 0.15) is 0 Å². The zero-order valence-corrected chi connectivity index (χ0v) is 17.8. The maximum absolute atomic E-state index is 13.4. The minimum Gasteiger partial charge on any atom is -0.376 e. The Kier molecular flexibility index (Phi) is 6.12. The Hall–Kier alpha value is -2.32. The van der Waals surface area contributed by atoms with Crippen LogP contribution in [0.5, 0.6) is 0 Å². The van der Waals surface area contributed by atoms with E-state index >= 15 is 0 Å². The van der Waals surface area contributed by atoms with Crippen molar-refractivity contribution in [2.45, 2.75) is 49.8 Å². The second kappa shape index (κ2) is 8.47. The Morgan fingerprint density at radius 2 is 1.88 bits per heavy atom. The molecule has 2 aromatic rings. The van der Waals surface area contributed by atoms with E-state index in [4.69, 9.17) is 4.74 Å². The molecule has 1 aliphatic carbocycles. The fraction of sp³-hybridized carbons (Fsp3) is 0.526. The number of rotatable bonds is 6. The molecule has 0 amide bonds. The van der Waals surface area contributed by atoms with E-state index in [9.17, 15) is 34.8 Å². The van der Waals surface area contributed by atoms with Gasteiger partial charge >= 0.3 is 21.7 Å². The molecule has 1 aromatic carbocycles. The SMILES string of the molecule is O=S(=O)(N1Cc2cc(C(F)(F)F)ccc2N(Cc2cnc[nH]2)[C@H](COC2CC2)C1)C(F)(F)F. The maximum Gasteiger partial charge on any atom is 0.511 e. The fourth-order valence-electron chi connectivity index (χ4n) is 3.68. The van der Waals surface area contributed by atoms with Crippen LogP contribution in [0.25, 0.3) is 0 Å². The van der Waals surface area contributed by atoms with Crippen molar-refractivity contribution in [3.63, 3.8) is 0 Å². The van der Waals surface area contributed by atoms with Crippen LogP contribution in [0.3, 0.4) is 0 Å². The van der Waals surface area contributed by atoms with Crippen molar-refractivity contribution < 1.29 is 39.5 Å². The standard InChI is InChI=1S/C19H20F6N4O3S/c20-18(21,22)13-1-4-17-12(5-13)7-28(33(30,31)19(23,24)25)9-15(10-32-16-2-3-16)29(17)8-14-6-26-11-27-14/h1,4-6,11,15-16H,2-3,7-10H2,(H,26,27)/t15-/m0/s1. The number of halogens is 6. The highest BCUT2D eigenvalue weighted by Crippen LogP contribution is 2.38. The monoisotopic (exact) mass is 498 g/mol. The Bertz CT molecular complexity index is 1080. The first-order chi connectivity index (χ1) is 15.4. The molecule has 0 saturated heterocycles. The van der Waals surface area contributed by atoms with Crippen LogP contribution in [0.15, 0.2) is 30.7 Å². The number of sulfonamides is 1. The van der Waals surface area contributed by atoms with Gasteiger partial charge in [-0.15, -0.1) is 0 Å². The van der Waals surface area contributed by atoms with Gasteiger partial charge in [0, 0.05) is 25.0 Å². The van der Waals surface area contributed by atoms with Gasteiger partial charge in [-0.05, 0) is 36.6 Å². The second-order valence-electron chi connectivity index (χ2n) is 7.98. The van der Waals surface area contributed by atoms with Crippen molar-refractivity contribution in [2.75, 3.05) is 18.1 Å². The van der Waals surface area contributed by atoms with Crippen LogP contribution in [0, 0.1) is 0 Å². The molecule has 4 rings (SSSR count). The highest BCUT2D eigenvalue weighted by molar-refractivity contribution is 7.89. The van der Waals surface area contributed by atoms with Crippen molar-refractivity contribution in [2.24, 2.45) is 0 Å². The van der Waals surface area contributed by atoms with Crippen LogP contribution in [0.1, 0.15) is 29.7 Å². The summed E-state index contributed by atoms with van der Waals surface area (Å²) in [5.41, 5.74) is -6.13. The molecule has 1 saturated carbocycles. The van der Waals surface area contributed by atoms with Crippen LogP contribution in [0.2, 0.25) is 0 Å². The molecule has 33 heavy (non-hydrogen) atoms. The van der Waals surface area contributed by atoms with Crippen molar-refractivity contribution in [1.82, 2.24) is 14.3 Å². The molecule has 1 fully saturated rings. The van der Waals surface area contributed by atoms with E-state index in [0.717, 1.165) is 25.0 Å². The fourth-order valence-corrected chi connectivity index (χ4v) is 4.65. The van der Waals surface area contributed by atoms with E-state index in [1.54, 1.807) is 4.90 Å². The summed E-state index contributed by atoms with van der Waals surface area (Å²) in [7, 11) is -5.81. The lowest BCUT2D eigenvalue weighted by atomic mass is 10.1. The van der Waals surface area contributed by atoms with Crippen molar-refractivity contribution >= 4 is 15.7 Å². The molecule has 1 aliphatic heterocycles. The van der Waals surface area contributed by atoms with Crippen LogP contribution in [-0.4, -0.2) is 53.5 Å². The lowest BCUT2D eigenvalue weighted by molar-refractivity contribution is -0.137. The van der Waals surface area contributed by atoms with Gasteiger partial charge in [0.05, 0.1) is 42.9 Å². The topological polar surface area (TPSA) is 78.5 Å². The Labute approximate surface area is 185 Å². The van der Waals surface area contributed by atoms with E-state index in [1.807, 2.05) is 0 Å². The molecule has 1 aromatic heterocycles. The van der Waals surface area contributed by atoms with Crippen molar-refractivity contribution in [3.05, 3.63) is 47.5 Å². The van der Waals surface area contributed by atoms with Crippen LogP contribution in [-0.2, 0) is 34.0 Å². The predicted octanol–water partition coefficient (Wildman–Crippen LogP) is 3.65. The largest absolute Gasteiger partial charge is 0.511 e. The number of alkyl halides is 6. The van der Waals surface area contributed by atoms with Crippen LogP contribution < -0.4 is 4.90 Å². The molecule has 1 N–H and O–H groups in total. The number of nitrogens with one attached hydrogen (secondary N) is 1. The third-order valence-corrected chi connectivity index (χ3v) is 7.04. The summed E-state index contributed by atoms with van der Waals surface area (Å²) in [5, 5.41) is 0. The second-order valence-corrected chi connectivity index (χ2v) is 9.91.